The van der Waals surface area contributed by atoms with Crippen LogP contribution in [0.1, 0.15) is 380 Å². The SMILES string of the molecule is CCCCCCCCCCCCCCCCCC/C=C\CCCCCCCCCCCCCCCCCCCC(=O)NC(COC1OC(CO)C(O)C(O)C1O)C(O)CCCCCCCCCCCCCCCCCCCCCC. The second-order valence-electron chi connectivity index (χ2n) is 25.4. The maximum atomic E-state index is 13.1. The molecule has 0 radical (unpaired) electrons. The summed E-state index contributed by atoms with van der Waals surface area (Å²) < 4.78 is 11.4. The van der Waals surface area contributed by atoms with Gasteiger partial charge in [-0.2, -0.15) is 0 Å². The first-order valence-corrected chi connectivity index (χ1v) is 35.9. The summed E-state index contributed by atoms with van der Waals surface area (Å²) in [5.74, 6) is -0.135. The molecular formula is C71H139NO8. The van der Waals surface area contributed by atoms with Crippen molar-refractivity contribution in [1.29, 1.82) is 0 Å². The van der Waals surface area contributed by atoms with Gasteiger partial charge in [-0.15, -0.1) is 0 Å². The molecule has 1 fully saturated rings. The maximum Gasteiger partial charge on any atom is 0.220 e. The number of nitrogens with one attached hydrogen (secondary N) is 1. The molecule has 1 amide bonds. The van der Waals surface area contributed by atoms with E-state index in [1.54, 1.807) is 0 Å². The van der Waals surface area contributed by atoms with Gasteiger partial charge in [-0.25, -0.2) is 0 Å². The Hall–Kier alpha value is -1.07. The van der Waals surface area contributed by atoms with E-state index in [4.69, 9.17) is 9.47 Å². The van der Waals surface area contributed by atoms with E-state index in [2.05, 4.69) is 31.3 Å². The Morgan fingerprint density at radius 3 is 1.01 bits per heavy atom. The number of carbonyl (C=O) groups is 1. The molecule has 7 unspecified atom stereocenters. The minimum atomic E-state index is -1.55. The van der Waals surface area contributed by atoms with Gasteiger partial charge in [-0.1, -0.05) is 347 Å². The van der Waals surface area contributed by atoms with Gasteiger partial charge in [-0.3, -0.25) is 4.79 Å². The summed E-state index contributed by atoms with van der Waals surface area (Å²) in [6.45, 7) is 3.90. The molecule has 9 heteroatoms. The molecule has 0 aromatic rings. The predicted molar refractivity (Wildman–Crippen MR) is 341 cm³/mol. The van der Waals surface area contributed by atoms with E-state index >= 15 is 0 Å². The van der Waals surface area contributed by atoms with Crippen molar-refractivity contribution >= 4 is 5.91 Å². The molecule has 9 nitrogen and oxygen atoms in total. The first-order chi connectivity index (χ1) is 39.3. The lowest BCUT2D eigenvalue weighted by atomic mass is 9.99. The van der Waals surface area contributed by atoms with E-state index < -0.39 is 49.5 Å². The molecule has 0 aliphatic carbocycles. The normalized spacial score (nSPS) is 18.4. The van der Waals surface area contributed by atoms with Crippen molar-refractivity contribution in [3.63, 3.8) is 0 Å². The number of aliphatic hydroxyl groups excluding tert-OH is 5. The van der Waals surface area contributed by atoms with Crippen molar-refractivity contribution in [3.05, 3.63) is 12.2 Å². The molecule has 1 rings (SSSR count). The van der Waals surface area contributed by atoms with Gasteiger partial charge in [0.25, 0.3) is 0 Å². The molecule has 0 saturated carbocycles. The highest BCUT2D eigenvalue weighted by Gasteiger charge is 2.44. The first kappa shape index (κ1) is 76.9. The summed E-state index contributed by atoms with van der Waals surface area (Å²) in [5, 5.41) is 54.9. The molecule has 0 bridgehead atoms. The van der Waals surface area contributed by atoms with E-state index in [1.807, 2.05) is 0 Å². The van der Waals surface area contributed by atoms with Gasteiger partial charge < -0.3 is 40.3 Å². The molecule has 6 N–H and O–H groups in total. The number of hydrogen-bond donors (Lipinski definition) is 6. The largest absolute Gasteiger partial charge is 0.394 e. The third-order valence-corrected chi connectivity index (χ3v) is 17.6. The summed E-state index contributed by atoms with van der Waals surface area (Å²) in [5.41, 5.74) is 0. The third kappa shape index (κ3) is 49.2. The first-order valence-electron chi connectivity index (χ1n) is 35.9. The van der Waals surface area contributed by atoms with E-state index in [1.165, 1.54) is 315 Å². The zero-order valence-corrected chi connectivity index (χ0v) is 53.4. The predicted octanol–water partition coefficient (Wildman–Crippen LogP) is 19.5. The van der Waals surface area contributed by atoms with E-state index in [0.29, 0.717) is 12.8 Å². The Balaban J connectivity index is 2.05. The minimum Gasteiger partial charge on any atom is -0.394 e. The smallest absolute Gasteiger partial charge is 0.220 e. The molecular weight excluding hydrogens is 995 g/mol. The molecule has 0 aromatic heterocycles. The number of rotatable bonds is 64. The highest BCUT2D eigenvalue weighted by molar-refractivity contribution is 5.76. The Labute approximate surface area is 496 Å². The van der Waals surface area contributed by atoms with Crippen LogP contribution in [0.4, 0.5) is 0 Å². The molecule has 7 atom stereocenters. The minimum absolute atomic E-state index is 0.132. The Kier molecular flexibility index (Phi) is 58.7. The Morgan fingerprint density at radius 2 is 0.700 bits per heavy atom. The van der Waals surface area contributed by atoms with Crippen LogP contribution in [0.15, 0.2) is 12.2 Å². The van der Waals surface area contributed by atoms with E-state index in [9.17, 15) is 30.3 Å². The van der Waals surface area contributed by atoms with Crippen LogP contribution in [0.3, 0.4) is 0 Å². The van der Waals surface area contributed by atoms with Crippen molar-refractivity contribution in [2.75, 3.05) is 13.2 Å². The van der Waals surface area contributed by atoms with Gasteiger partial charge in [0.1, 0.15) is 24.4 Å². The Bertz CT molecular complexity index is 1270. The van der Waals surface area contributed by atoms with Gasteiger partial charge in [0, 0.05) is 6.42 Å². The van der Waals surface area contributed by atoms with Crippen LogP contribution in [-0.2, 0) is 14.3 Å². The number of carbonyl (C=O) groups excluding carboxylic acids is 1. The number of ether oxygens (including phenoxy) is 2. The number of aliphatic hydroxyl groups is 5. The molecule has 1 saturated heterocycles. The number of amides is 1. The third-order valence-electron chi connectivity index (χ3n) is 17.6. The second-order valence-corrected chi connectivity index (χ2v) is 25.4. The van der Waals surface area contributed by atoms with Crippen LogP contribution in [0.5, 0.6) is 0 Å². The molecule has 0 spiro atoms. The summed E-state index contributed by atoms with van der Waals surface area (Å²) >= 11 is 0. The number of allylic oxidation sites excluding steroid dienone is 2. The lowest BCUT2D eigenvalue weighted by molar-refractivity contribution is -0.302. The van der Waals surface area contributed by atoms with Crippen LogP contribution in [0, 0.1) is 0 Å². The quantitative estimate of drug-likeness (QED) is 0.0261. The monoisotopic (exact) mass is 1130 g/mol. The fourth-order valence-electron chi connectivity index (χ4n) is 12.0. The molecule has 476 valence electrons. The maximum absolute atomic E-state index is 13.1. The fourth-order valence-corrected chi connectivity index (χ4v) is 12.0. The number of unbranched alkanes of at least 4 members (excludes halogenated alkanes) is 52. The summed E-state index contributed by atoms with van der Waals surface area (Å²) in [6.07, 6.45) is 71.5. The van der Waals surface area contributed by atoms with Crippen molar-refractivity contribution in [2.24, 2.45) is 0 Å². The lowest BCUT2D eigenvalue weighted by Crippen LogP contribution is -2.60. The molecule has 1 aliphatic rings. The highest BCUT2D eigenvalue weighted by Crippen LogP contribution is 2.24. The topological polar surface area (TPSA) is 149 Å². The molecule has 0 aromatic carbocycles. The van der Waals surface area contributed by atoms with Gasteiger partial charge in [0.2, 0.25) is 5.91 Å². The standard InChI is InChI=1S/C71H139NO8/c1-3-5-7-9-11-13-15-17-19-21-23-25-26-27-28-29-30-31-32-33-34-35-36-37-38-39-40-41-43-45-47-49-51-53-55-57-59-61-67(75)72-64(63-79-71-70(78)69(77)68(76)66(62-73)80-71)65(74)60-58-56-54-52-50-48-46-44-42-24-22-20-18-16-14-12-10-8-6-4-2/h31-32,64-66,68-71,73-74,76-78H,3-30,33-63H2,1-2H3,(H,72,75)/b32-31-. The summed E-state index contributed by atoms with van der Waals surface area (Å²) in [7, 11) is 0. The molecule has 80 heavy (non-hydrogen) atoms. The summed E-state index contributed by atoms with van der Waals surface area (Å²) in [4.78, 5) is 13.1. The van der Waals surface area contributed by atoms with Gasteiger partial charge >= 0.3 is 0 Å². The van der Waals surface area contributed by atoms with Gasteiger partial charge in [0.15, 0.2) is 6.29 Å². The zero-order valence-electron chi connectivity index (χ0n) is 53.4. The van der Waals surface area contributed by atoms with Crippen LogP contribution in [0.2, 0.25) is 0 Å². The molecule has 1 aliphatic heterocycles. The van der Waals surface area contributed by atoms with Gasteiger partial charge in [0.05, 0.1) is 25.4 Å². The van der Waals surface area contributed by atoms with Crippen LogP contribution < -0.4 is 5.32 Å². The van der Waals surface area contributed by atoms with E-state index in [0.717, 1.165) is 38.5 Å². The van der Waals surface area contributed by atoms with Gasteiger partial charge in [-0.05, 0) is 38.5 Å². The van der Waals surface area contributed by atoms with Crippen LogP contribution in [-0.4, -0.2) is 87.5 Å². The summed E-state index contributed by atoms with van der Waals surface area (Å²) in [6, 6.07) is -0.717. The van der Waals surface area contributed by atoms with Crippen LogP contribution in [0.25, 0.3) is 0 Å². The lowest BCUT2D eigenvalue weighted by Gasteiger charge is -2.40. The molecule has 1 heterocycles. The van der Waals surface area contributed by atoms with Crippen LogP contribution >= 0.6 is 0 Å². The van der Waals surface area contributed by atoms with E-state index in [-0.39, 0.29) is 12.5 Å². The van der Waals surface area contributed by atoms with Crippen molar-refractivity contribution < 1.29 is 39.8 Å². The van der Waals surface area contributed by atoms with Crippen molar-refractivity contribution in [3.8, 4) is 0 Å². The van der Waals surface area contributed by atoms with Crippen molar-refractivity contribution in [1.82, 2.24) is 5.32 Å². The van der Waals surface area contributed by atoms with Crippen molar-refractivity contribution in [2.45, 2.75) is 423 Å². The highest BCUT2D eigenvalue weighted by atomic mass is 16.7. The Morgan fingerprint density at radius 1 is 0.412 bits per heavy atom. The second kappa shape index (κ2) is 61.0. The fraction of sp³-hybridized carbons (Fsp3) is 0.958. The number of hydrogen-bond acceptors (Lipinski definition) is 8. The zero-order chi connectivity index (χ0) is 57.9. The average molecular weight is 1130 g/mol. The average Bonchev–Trinajstić information content (AvgIpc) is 3.46.